The molecule has 1 aliphatic heterocycles. The van der Waals surface area contributed by atoms with Crippen molar-refractivity contribution in [2.24, 2.45) is 5.92 Å². The van der Waals surface area contributed by atoms with E-state index >= 15 is 0 Å². The van der Waals surface area contributed by atoms with E-state index in [0.717, 1.165) is 55.3 Å². The van der Waals surface area contributed by atoms with Crippen LogP contribution >= 0.6 is 23.1 Å². The number of likely N-dealkylation sites (tertiary alicyclic amines) is 1. The third-order valence-electron chi connectivity index (χ3n) is 5.60. The summed E-state index contributed by atoms with van der Waals surface area (Å²) in [6.07, 6.45) is 2.94. The highest BCUT2D eigenvalue weighted by atomic mass is 32.2. The molecule has 1 atom stereocenters. The molecule has 1 N–H and O–H groups in total. The van der Waals surface area contributed by atoms with Crippen LogP contribution in [0.4, 0.5) is 0 Å². The van der Waals surface area contributed by atoms with Gasteiger partial charge in [0, 0.05) is 18.8 Å². The van der Waals surface area contributed by atoms with Crippen molar-refractivity contribution in [3.05, 3.63) is 58.8 Å². The van der Waals surface area contributed by atoms with E-state index < -0.39 is 0 Å². The Kier molecular flexibility index (Phi) is 8.36. The van der Waals surface area contributed by atoms with E-state index in [9.17, 15) is 4.79 Å². The molecule has 0 radical (unpaired) electrons. The Hall–Kier alpha value is -2.16. The van der Waals surface area contributed by atoms with Crippen LogP contribution in [0.5, 0.6) is 0 Å². The number of carbonyl (C=O) groups excluding carboxylic acids is 1. The maximum atomic E-state index is 12.6. The fourth-order valence-electron chi connectivity index (χ4n) is 3.83. The summed E-state index contributed by atoms with van der Waals surface area (Å²) < 4.78 is 5.43. The summed E-state index contributed by atoms with van der Waals surface area (Å²) in [5.41, 5.74) is 2.65. The summed E-state index contributed by atoms with van der Waals surface area (Å²) in [7, 11) is 0. The number of thiophene rings is 1. The maximum Gasteiger partial charge on any atom is 0.241 e. The fourth-order valence-corrected chi connectivity index (χ4v) is 5.40. The molecular weight excluding hydrogens is 440 g/mol. The number of piperidine rings is 1. The molecular formula is C24H30N4O2S2. The number of aryl methyl sites for hydroxylation is 1. The molecule has 4 rings (SSSR count). The van der Waals surface area contributed by atoms with Gasteiger partial charge in [-0.1, -0.05) is 41.1 Å². The highest BCUT2D eigenvalue weighted by molar-refractivity contribution is 7.98. The standard InChI is InChI=1S/C24H30N4O2S2/c1-18-7-9-19(10-8-18)17-31-13-4-11-25-24(29)20-5-2-12-28(15-20)16-22-26-23(27-30-22)21-6-3-14-32-21/h3,6-10,14,20H,2,4-5,11-13,15-17H2,1H3,(H,25,29). The molecule has 8 heteroatoms. The first-order chi connectivity index (χ1) is 15.7. The van der Waals surface area contributed by atoms with Crippen LogP contribution in [0.2, 0.25) is 0 Å². The van der Waals surface area contributed by atoms with Crippen molar-refractivity contribution in [2.45, 2.75) is 38.5 Å². The Balaban J connectivity index is 1.14. The van der Waals surface area contributed by atoms with E-state index in [-0.39, 0.29) is 11.8 Å². The van der Waals surface area contributed by atoms with Crippen LogP contribution in [0.25, 0.3) is 10.7 Å². The van der Waals surface area contributed by atoms with Crippen molar-refractivity contribution in [1.29, 1.82) is 0 Å². The van der Waals surface area contributed by atoms with Crippen LogP contribution in [0, 0.1) is 12.8 Å². The van der Waals surface area contributed by atoms with Gasteiger partial charge < -0.3 is 9.84 Å². The second kappa shape index (κ2) is 11.6. The first kappa shape index (κ1) is 23.0. The molecule has 3 aromatic rings. The third-order valence-corrected chi connectivity index (χ3v) is 7.58. The Bertz CT molecular complexity index is 972. The molecule has 2 aromatic heterocycles. The molecule has 0 saturated carbocycles. The van der Waals surface area contributed by atoms with Gasteiger partial charge in [0.25, 0.3) is 0 Å². The highest BCUT2D eigenvalue weighted by Gasteiger charge is 2.26. The summed E-state index contributed by atoms with van der Waals surface area (Å²) in [5.74, 6) is 3.53. The van der Waals surface area contributed by atoms with Gasteiger partial charge in [0.1, 0.15) is 0 Å². The van der Waals surface area contributed by atoms with Crippen molar-refractivity contribution >= 4 is 29.0 Å². The average Bonchev–Trinajstić information content (AvgIpc) is 3.49. The number of nitrogens with zero attached hydrogens (tertiary/aromatic N) is 3. The van der Waals surface area contributed by atoms with Gasteiger partial charge in [-0.3, -0.25) is 9.69 Å². The molecule has 0 bridgehead atoms. The lowest BCUT2D eigenvalue weighted by atomic mass is 9.97. The van der Waals surface area contributed by atoms with Crippen LogP contribution < -0.4 is 5.32 Å². The number of nitrogens with one attached hydrogen (secondary N) is 1. The van der Waals surface area contributed by atoms with E-state index in [1.54, 1.807) is 11.3 Å². The molecule has 32 heavy (non-hydrogen) atoms. The van der Waals surface area contributed by atoms with Crippen LogP contribution in [0.1, 0.15) is 36.3 Å². The predicted molar refractivity (Wildman–Crippen MR) is 131 cm³/mol. The summed E-state index contributed by atoms with van der Waals surface area (Å²) in [5, 5.41) is 9.22. The smallest absolute Gasteiger partial charge is 0.241 e. The van der Waals surface area contributed by atoms with Gasteiger partial charge in [-0.15, -0.1) is 11.3 Å². The molecule has 1 unspecified atom stereocenters. The van der Waals surface area contributed by atoms with E-state index in [0.29, 0.717) is 18.3 Å². The molecule has 1 aliphatic rings. The van der Waals surface area contributed by atoms with Gasteiger partial charge in [0.05, 0.1) is 17.3 Å². The van der Waals surface area contributed by atoms with Gasteiger partial charge >= 0.3 is 0 Å². The average molecular weight is 471 g/mol. The lowest BCUT2D eigenvalue weighted by molar-refractivity contribution is -0.126. The second-order valence-electron chi connectivity index (χ2n) is 8.25. The highest BCUT2D eigenvalue weighted by Crippen LogP contribution is 2.23. The fraction of sp³-hybridized carbons (Fsp3) is 0.458. The van der Waals surface area contributed by atoms with E-state index in [4.69, 9.17) is 4.52 Å². The number of benzene rings is 1. The molecule has 1 aromatic carbocycles. The zero-order valence-electron chi connectivity index (χ0n) is 18.5. The molecule has 0 aliphatic carbocycles. The minimum Gasteiger partial charge on any atom is -0.356 e. The zero-order valence-corrected chi connectivity index (χ0v) is 20.1. The number of hydrogen-bond acceptors (Lipinski definition) is 7. The monoisotopic (exact) mass is 470 g/mol. The van der Waals surface area contributed by atoms with Gasteiger partial charge in [0.15, 0.2) is 0 Å². The first-order valence-corrected chi connectivity index (χ1v) is 13.2. The number of amides is 1. The summed E-state index contributed by atoms with van der Waals surface area (Å²) >= 11 is 3.52. The van der Waals surface area contributed by atoms with E-state index in [1.807, 2.05) is 29.3 Å². The molecule has 0 spiro atoms. The van der Waals surface area contributed by atoms with Crippen LogP contribution in [-0.4, -0.2) is 46.3 Å². The number of rotatable bonds is 10. The van der Waals surface area contributed by atoms with Crippen LogP contribution in [0.3, 0.4) is 0 Å². The Labute approximate surface area is 197 Å². The van der Waals surface area contributed by atoms with Gasteiger partial charge in [0.2, 0.25) is 17.6 Å². The molecule has 1 amide bonds. The quantitative estimate of drug-likeness (QED) is 0.431. The van der Waals surface area contributed by atoms with Gasteiger partial charge in [-0.25, -0.2) is 0 Å². The van der Waals surface area contributed by atoms with Crippen molar-refractivity contribution in [3.8, 4) is 10.7 Å². The first-order valence-electron chi connectivity index (χ1n) is 11.2. The Morgan fingerprint density at radius 3 is 3.00 bits per heavy atom. The zero-order chi connectivity index (χ0) is 22.2. The molecule has 1 saturated heterocycles. The Morgan fingerprint density at radius 2 is 2.19 bits per heavy atom. The van der Waals surface area contributed by atoms with Crippen LogP contribution in [0.15, 0.2) is 46.3 Å². The number of carbonyl (C=O) groups is 1. The number of hydrogen-bond donors (Lipinski definition) is 1. The maximum absolute atomic E-state index is 12.6. The van der Waals surface area contributed by atoms with Crippen molar-refractivity contribution < 1.29 is 9.32 Å². The second-order valence-corrected chi connectivity index (χ2v) is 10.3. The number of aromatic nitrogens is 2. The summed E-state index contributed by atoms with van der Waals surface area (Å²) in [6, 6.07) is 12.7. The SMILES string of the molecule is Cc1ccc(CSCCCNC(=O)C2CCCN(Cc3nc(-c4cccs4)no3)C2)cc1. The normalized spacial score (nSPS) is 16.8. The lowest BCUT2D eigenvalue weighted by Gasteiger charge is -2.30. The minimum absolute atomic E-state index is 0.0312. The van der Waals surface area contributed by atoms with E-state index in [2.05, 4.69) is 51.5 Å². The predicted octanol–water partition coefficient (Wildman–Crippen LogP) is 4.76. The van der Waals surface area contributed by atoms with Crippen molar-refractivity contribution in [3.63, 3.8) is 0 Å². The Morgan fingerprint density at radius 1 is 1.31 bits per heavy atom. The molecule has 3 heterocycles. The largest absolute Gasteiger partial charge is 0.356 e. The van der Waals surface area contributed by atoms with Crippen molar-refractivity contribution in [2.75, 3.05) is 25.4 Å². The summed E-state index contributed by atoms with van der Waals surface area (Å²) in [4.78, 5) is 20.4. The van der Waals surface area contributed by atoms with Crippen LogP contribution in [-0.2, 0) is 17.1 Å². The third kappa shape index (κ3) is 6.67. The lowest BCUT2D eigenvalue weighted by Crippen LogP contribution is -2.43. The molecule has 6 nitrogen and oxygen atoms in total. The van der Waals surface area contributed by atoms with Crippen molar-refractivity contribution in [1.82, 2.24) is 20.4 Å². The van der Waals surface area contributed by atoms with Gasteiger partial charge in [-0.05, 0) is 55.5 Å². The molecule has 1 fully saturated rings. The summed E-state index contributed by atoms with van der Waals surface area (Å²) in [6.45, 7) is 5.14. The minimum atomic E-state index is 0.0312. The number of thioether (sulfide) groups is 1. The van der Waals surface area contributed by atoms with E-state index in [1.165, 1.54) is 11.1 Å². The van der Waals surface area contributed by atoms with Gasteiger partial charge in [-0.2, -0.15) is 16.7 Å². The topological polar surface area (TPSA) is 71.3 Å². The molecule has 170 valence electrons.